The van der Waals surface area contributed by atoms with Gasteiger partial charge in [-0.2, -0.15) is 4.31 Å². The molecule has 2 amide bonds. The van der Waals surface area contributed by atoms with Crippen LogP contribution in [0.3, 0.4) is 0 Å². The zero-order valence-electron chi connectivity index (χ0n) is 18.2. The van der Waals surface area contributed by atoms with E-state index >= 15 is 0 Å². The van der Waals surface area contributed by atoms with E-state index in [0.29, 0.717) is 38.5 Å². The van der Waals surface area contributed by atoms with Gasteiger partial charge in [0.05, 0.1) is 29.5 Å². The van der Waals surface area contributed by atoms with Crippen LogP contribution in [-0.2, 0) is 30.8 Å². The van der Waals surface area contributed by atoms with Gasteiger partial charge in [-0.15, -0.1) is 11.8 Å². The van der Waals surface area contributed by atoms with Crippen molar-refractivity contribution in [1.29, 1.82) is 0 Å². The molecule has 0 bridgehead atoms. The minimum Gasteiger partial charge on any atom is -0.379 e. The number of nitrogens with one attached hydrogen (secondary N) is 1. The van der Waals surface area contributed by atoms with Crippen LogP contribution in [0.1, 0.15) is 12.0 Å². The fraction of sp³-hybridized carbons (Fsp3) is 0.391. The number of hydrogen-bond acceptors (Lipinski definition) is 6. The molecule has 0 aliphatic carbocycles. The van der Waals surface area contributed by atoms with Gasteiger partial charge in [-0.05, 0) is 36.6 Å². The number of benzene rings is 2. The van der Waals surface area contributed by atoms with E-state index in [-0.39, 0.29) is 29.0 Å². The van der Waals surface area contributed by atoms with Crippen LogP contribution >= 0.6 is 11.8 Å². The predicted molar refractivity (Wildman–Crippen MR) is 127 cm³/mol. The SMILES string of the molecule is O=C(CN1C(=O)CSc2ccc(S(=O)(=O)N3CCOCC3)cc21)NCCCc1ccccc1. The summed E-state index contributed by atoms with van der Waals surface area (Å²) in [6.45, 7) is 1.66. The summed E-state index contributed by atoms with van der Waals surface area (Å²) in [4.78, 5) is 27.5. The zero-order valence-corrected chi connectivity index (χ0v) is 19.9. The number of fused-ring (bicyclic) bond motifs is 1. The Hall–Kier alpha value is -2.40. The summed E-state index contributed by atoms with van der Waals surface area (Å²) in [6.07, 6.45) is 1.64. The lowest BCUT2D eigenvalue weighted by molar-refractivity contribution is -0.123. The maximum atomic E-state index is 13.1. The molecular formula is C23H27N3O5S2. The van der Waals surface area contributed by atoms with Crippen LogP contribution < -0.4 is 10.2 Å². The van der Waals surface area contributed by atoms with Gasteiger partial charge in [-0.3, -0.25) is 9.59 Å². The molecule has 176 valence electrons. The summed E-state index contributed by atoms with van der Waals surface area (Å²) in [5, 5.41) is 2.87. The van der Waals surface area contributed by atoms with Crippen molar-refractivity contribution in [3.63, 3.8) is 0 Å². The van der Waals surface area contributed by atoms with Crippen molar-refractivity contribution in [3.8, 4) is 0 Å². The monoisotopic (exact) mass is 489 g/mol. The van der Waals surface area contributed by atoms with Crippen LogP contribution in [0.2, 0.25) is 0 Å². The van der Waals surface area contributed by atoms with Crippen molar-refractivity contribution in [3.05, 3.63) is 54.1 Å². The highest BCUT2D eigenvalue weighted by molar-refractivity contribution is 8.00. The highest BCUT2D eigenvalue weighted by Gasteiger charge is 2.31. The van der Waals surface area contributed by atoms with Crippen LogP contribution in [0.5, 0.6) is 0 Å². The number of ether oxygens (including phenoxy) is 1. The molecule has 2 aliphatic rings. The fourth-order valence-electron chi connectivity index (χ4n) is 3.82. The van der Waals surface area contributed by atoms with Gasteiger partial charge >= 0.3 is 0 Å². The highest BCUT2D eigenvalue weighted by Crippen LogP contribution is 2.37. The molecular weight excluding hydrogens is 462 g/mol. The second-order valence-corrected chi connectivity index (χ2v) is 10.8. The van der Waals surface area contributed by atoms with Gasteiger partial charge in [-0.1, -0.05) is 30.3 Å². The molecule has 0 unspecified atom stereocenters. The van der Waals surface area contributed by atoms with Gasteiger partial charge in [0.25, 0.3) is 0 Å². The fourth-order valence-corrected chi connectivity index (χ4v) is 6.16. The number of thioether (sulfide) groups is 1. The number of amides is 2. The molecule has 1 saturated heterocycles. The average Bonchev–Trinajstić information content (AvgIpc) is 2.84. The summed E-state index contributed by atoms with van der Waals surface area (Å²) >= 11 is 1.35. The van der Waals surface area contributed by atoms with E-state index in [1.54, 1.807) is 12.1 Å². The van der Waals surface area contributed by atoms with Crippen LogP contribution in [-0.4, -0.2) is 69.7 Å². The van der Waals surface area contributed by atoms with Gasteiger partial charge in [0.15, 0.2) is 0 Å². The lowest BCUT2D eigenvalue weighted by Gasteiger charge is -2.30. The zero-order chi connectivity index (χ0) is 23.3. The molecule has 2 aromatic rings. The van der Waals surface area contributed by atoms with Crippen LogP contribution in [0.25, 0.3) is 0 Å². The van der Waals surface area contributed by atoms with E-state index in [4.69, 9.17) is 4.74 Å². The van der Waals surface area contributed by atoms with Crippen LogP contribution in [0.4, 0.5) is 5.69 Å². The Morgan fingerprint density at radius 1 is 1.09 bits per heavy atom. The molecule has 0 saturated carbocycles. The number of hydrogen-bond donors (Lipinski definition) is 1. The summed E-state index contributed by atoms with van der Waals surface area (Å²) < 4.78 is 32.8. The molecule has 2 aromatic carbocycles. The van der Waals surface area contributed by atoms with Crippen molar-refractivity contribution < 1.29 is 22.7 Å². The average molecular weight is 490 g/mol. The van der Waals surface area contributed by atoms with Crippen molar-refractivity contribution in [1.82, 2.24) is 9.62 Å². The number of morpholine rings is 1. The topological polar surface area (TPSA) is 96.0 Å². The molecule has 4 rings (SSSR count). The number of carbonyl (C=O) groups is 2. The van der Waals surface area contributed by atoms with Crippen molar-refractivity contribution in [2.75, 3.05) is 50.0 Å². The summed E-state index contributed by atoms with van der Waals surface area (Å²) in [5.41, 5.74) is 1.67. The van der Waals surface area contributed by atoms with Crippen molar-refractivity contribution in [2.24, 2.45) is 0 Å². The number of sulfonamides is 1. The molecule has 0 spiro atoms. The Morgan fingerprint density at radius 2 is 1.85 bits per heavy atom. The molecule has 0 radical (unpaired) electrons. The second-order valence-electron chi connectivity index (χ2n) is 7.85. The molecule has 10 heteroatoms. The Labute approximate surface area is 198 Å². The molecule has 8 nitrogen and oxygen atoms in total. The summed E-state index contributed by atoms with van der Waals surface area (Å²) in [5.74, 6) is -0.271. The number of carbonyl (C=O) groups excluding carboxylic acids is 2. The minimum absolute atomic E-state index is 0.117. The molecule has 1 fully saturated rings. The predicted octanol–water partition coefficient (Wildman–Crippen LogP) is 1.90. The van der Waals surface area contributed by atoms with Crippen LogP contribution in [0, 0.1) is 0 Å². The second kappa shape index (κ2) is 10.7. The third kappa shape index (κ3) is 5.75. The van der Waals surface area contributed by atoms with E-state index < -0.39 is 10.0 Å². The molecule has 33 heavy (non-hydrogen) atoms. The Kier molecular flexibility index (Phi) is 7.69. The van der Waals surface area contributed by atoms with E-state index in [1.807, 2.05) is 30.3 Å². The smallest absolute Gasteiger partial charge is 0.243 e. The first-order valence-corrected chi connectivity index (χ1v) is 13.3. The lowest BCUT2D eigenvalue weighted by Crippen LogP contribution is -2.44. The Morgan fingerprint density at radius 3 is 2.61 bits per heavy atom. The van der Waals surface area contributed by atoms with Gasteiger partial charge in [0.2, 0.25) is 21.8 Å². The number of nitrogens with zero attached hydrogens (tertiary/aromatic N) is 2. The Bertz CT molecular complexity index is 1100. The van der Waals surface area contributed by atoms with E-state index in [1.165, 1.54) is 32.6 Å². The van der Waals surface area contributed by atoms with Crippen LogP contribution in [0.15, 0.2) is 58.3 Å². The standard InChI is InChI=1S/C23H27N3O5S2/c27-22(24-10-4-7-18-5-2-1-3-6-18)16-26-20-15-19(8-9-21(20)32-17-23(26)28)33(29,30)25-11-13-31-14-12-25/h1-3,5-6,8-9,15H,4,7,10-14,16-17H2,(H,24,27). The largest absolute Gasteiger partial charge is 0.379 e. The van der Waals surface area contributed by atoms with E-state index in [0.717, 1.165) is 17.7 Å². The van der Waals surface area contributed by atoms with Gasteiger partial charge in [0.1, 0.15) is 6.54 Å². The van der Waals surface area contributed by atoms with E-state index in [9.17, 15) is 18.0 Å². The van der Waals surface area contributed by atoms with Gasteiger partial charge < -0.3 is 15.0 Å². The first-order valence-electron chi connectivity index (χ1n) is 10.9. The molecule has 1 N–H and O–H groups in total. The maximum Gasteiger partial charge on any atom is 0.243 e. The first-order chi connectivity index (χ1) is 15.9. The van der Waals surface area contributed by atoms with Gasteiger partial charge in [0, 0.05) is 24.5 Å². The third-order valence-corrected chi connectivity index (χ3v) is 8.53. The minimum atomic E-state index is -3.70. The number of anilines is 1. The van der Waals surface area contributed by atoms with Crippen molar-refractivity contribution >= 4 is 39.3 Å². The number of rotatable bonds is 8. The number of aryl methyl sites for hydroxylation is 1. The third-order valence-electron chi connectivity index (χ3n) is 5.59. The summed E-state index contributed by atoms with van der Waals surface area (Å²) in [6, 6.07) is 14.8. The van der Waals surface area contributed by atoms with Gasteiger partial charge in [-0.25, -0.2) is 8.42 Å². The summed E-state index contributed by atoms with van der Waals surface area (Å²) in [7, 11) is -3.70. The lowest BCUT2D eigenvalue weighted by atomic mass is 10.1. The molecule has 2 heterocycles. The maximum absolute atomic E-state index is 13.1. The Balaban J connectivity index is 1.42. The first kappa shape index (κ1) is 23.7. The van der Waals surface area contributed by atoms with Crippen molar-refractivity contribution in [2.45, 2.75) is 22.6 Å². The molecule has 2 aliphatic heterocycles. The quantitative estimate of drug-likeness (QED) is 0.569. The van der Waals surface area contributed by atoms with E-state index in [2.05, 4.69) is 5.32 Å². The molecule has 0 aromatic heterocycles. The highest BCUT2D eigenvalue weighted by atomic mass is 32.2. The molecule has 0 atom stereocenters. The normalized spacial score (nSPS) is 17.0.